The molecule has 3 N–H and O–H groups in total. The Morgan fingerprint density at radius 3 is 2.79 bits per heavy atom. The van der Waals surface area contributed by atoms with Crippen molar-refractivity contribution < 1.29 is 9.18 Å². The molecule has 1 aromatic heterocycles. The number of nitrogens with two attached hydrogens (primary N) is 1. The number of amidine groups is 1. The molecule has 0 aliphatic carbocycles. The summed E-state index contributed by atoms with van der Waals surface area (Å²) < 4.78 is 13.4. The number of thiophene rings is 1. The smallest absolute Gasteiger partial charge is 0.258 e. The number of hydrogen-bond acceptors (Lipinski definition) is 7. The number of nitrogens with zero attached hydrogens (tertiary/aromatic N) is 3. The Kier molecular flexibility index (Phi) is 6.29. The van der Waals surface area contributed by atoms with Crippen LogP contribution in [0.5, 0.6) is 0 Å². The Hall–Kier alpha value is -1.81. The Labute approximate surface area is 181 Å². The fourth-order valence-electron chi connectivity index (χ4n) is 3.29. The molecule has 2 aliphatic rings. The van der Waals surface area contributed by atoms with E-state index in [1.54, 1.807) is 12.1 Å². The van der Waals surface area contributed by atoms with Gasteiger partial charge in [-0.2, -0.15) is 11.8 Å². The molecule has 4 rings (SSSR count). The first-order chi connectivity index (χ1) is 14.0. The lowest BCUT2D eigenvalue weighted by Crippen LogP contribution is -2.41. The van der Waals surface area contributed by atoms with E-state index in [0.29, 0.717) is 23.1 Å². The van der Waals surface area contributed by atoms with Gasteiger partial charge in [0.2, 0.25) is 0 Å². The van der Waals surface area contributed by atoms with Crippen molar-refractivity contribution in [3.05, 3.63) is 45.5 Å². The second-order valence-electron chi connectivity index (χ2n) is 6.81. The van der Waals surface area contributed by atoms with Gasteiger partial charge in [-0.3, -0.25) is 9.69 Å². The fraction of sp³-hybridized carbons (Fsp3) is 0.368. The molecule has 1 aromatic carbocycles. The largest absolute Gasteiger partial charge is 0.365 e. The van der Waals surface area contributed by atoms with Gasteiger partial charge >= 0.3 is 0 Å². The lowest BCUT2D eigenvalue weighted by molar-refractivity contribution is 0.100. The second-order valence-corrected chi connectivity index (χ2v) is 9.48. The van der Waals surface area contributed by atoms with Crippen molar-refractivity contribution in [1.29, 1.82) is 0 Å². The van der Waals surface area contributed by atoms with Crippen LogP contribution in [0.15, 0.2) is 29.3 Å². The molecule has 0 radical (unpaired) electrons. The first kappa shape index (κ1) is 20.5. The number of aliphatic imine (C=N–C) groups is 1. The minimum atomic E-state index is -0.475. The molecule has 2 aromatic rings. The lowest BCUT2D eigenvalue weighted by atomic mass is 10.2. The van der Waals surface area contributed by atoms with Crippen LogP contribution in [0.25, 0.3) is 0 Å². The summed E-state index contributed by atoms with van der Waals surface area (Å²) in [4.78, 5) is 21.5. The maximum atomic E-state index is 13.4. The van der Waals surface area contributed by atoms with Crippen molar-refractivity contribution in [1.82, 2.24) is 4.90 Å². The van der Waals surface area contributed by atoms with Gasteiger partial charge in [0.25, 0.3) is 5.91 Å². The van der Waals surface area contributed by atoms with Crippen molar-refractivity contribution >= 4 is 57.1 Å². The Morgan fingerprint density at radius 1 is 1.28 bits per heavy atom. The molecule has 1 amide bonds. The van der Waals surface area contributed by atoms with E-state index >= 15 is 0 Å². The highest BCUT2D eigenvalue weighted by molar-refractivity contribution is 7.99. The summed E-state index contributed by atoms with van der Waals surface area (Å²) in [6, 6.07) is 6.19. The van der Waals surface area contributed by atoms with Crippen LogP contribution in [0, 0.1) is 5.82 Å². The van der Waals surface area contributed by atoms with Gasteiger partial charge in [0.1, 0.15) is 23.3 Å². The van der Waals surface area contributed by atoms with E-state index in [1.165, 1.54) is 35.0 Å². The SMILES string of the molecule is NC(=O)c1cc2c(s1)N(CCN1CCSCC1)CN=C2Nc1ccc(F)c(Cl)c1. The number of fused-ring (bicyclic) bond motifs is 1. The first-order valence-electron chi connectivity index (χ1n) is 9.27. The average molecular weight is 454 g/mol. The van der Waals surface area contributed by atoms with Crippen molar-refractivity contribution in [3.8, 4) is 0 Å². The number of nitrogens with one attached hydrogen (secondary N) is 1. The molecule has 3 heterocycles. The van der Waals surface area contributed by atoms with Gasteiger partial charge in [-0.1, -0.05) is 11.6 Å². The number of carbonyl (C=O) groups is 1. The van der Waals surface area contributed by atoms with Crippen LogP contribution in [-0.2, 0) is 0 Å². The summed E-state index contributed by atoms with van der Waals surface area (Å²) in [5.41, 5.74) is 6.98. The van der Waals surface area contributed by atoms with Crippen molar-refractivity contribution in [2.75, 3.05) is 54.6 Å². The maximum absolute atomic E-state index is 13.4. The standard InChI is InChI=1S/C19H21ClFN5OS2/c20-14-9-12(1-2-15(14)21)24-18-13-10-16(17(22)27)29-19(13)26(11-23-18)4-3-25-5-7-28-8-6-25/h1-2,9-10H,3-8,11H2,(H2,22,27)(H,23,24). The van der Waals surface area contributed by atoms with Gasteiger partial charge in [0, 0.05) is 43.4 Å². The molecule has 0 saturated carbocycles. The van der Waals surface area contributed by atoms with E-state index in [-0.39, 0.29) is 5.02 Å². The zero-order chi connectivity index (χ0) is 20.4. The Morgan fingerprint density at radius 2 is 2.07 bits per heavy atom. The molecular weight excluding hydrogens is 433 g/mol. The molecule has 1 saturated heterocycles. The molecule has 154 valence electrons. The van der Waals surface area contributed by atoms with E-state index < -0.39 is 11.7 Å². The summed E-state index contributed by atoms with van der Waals surface area (Å²) in [5.74, 6) is 2.03. The number of thioether (sulfide) groups is 1. The van der Waals surface area contributed by atoms with Gasteiger partial charge in [0.15, 0.2) is 0 Å². The predicted molar refractivity (Wildman–Crippen MR) is 120 cm³/mol. The highest BCUT2D eigenvalue weighted by Gasteiger charge is 2.26. The van der Waals surface area contributed by atoms with Crippen LogP contribution in [0.3, 0.4) is 0 Å². The topological polar surface area (TPSA) is 74.0 Å². The molecule has 2 aliphatic heterocycles. The summed E-state index contributed by atoms with van der Waals surface area (Å²) in [6.45, 7) is 4.46. The third-order valence-electron chi connectivity index (χ3n) is 4.87. The maximum Gasteiger partial charge on any atom is 0.258 e. The van der Waals surface area contributed by atoms with E-state index in [9.17, 15) is 9.18 Å². The molecule has 0 spiro atoms. The third-order valence-corrected chi connectivity index (χ3v) is 7.31. The minimum absolute atomic E-state index is 0.0381. The van der Waals surface area contributed by atoms with Crippen molar-refractivity contribution in [3.63, 3.8) is 0 Å². The zero-order valence-corrected chi connectivity index (χ0v) is 18.0. The number of anilines is 2. The van der Waals surface area contributed by atoms with Crippen molar-refractivity contribution in [2.24, 2.45) is 10.7 Å². The molecule has 6 nitrogen and oxygen atoms in total. The van der Waals surface area contributed by atoms with Gasteiger partial charge in [-0.15, -0.1) is 11.3 Å². The molecule has 1 fully saturated rings. The second kappa shape index (κ2) is 8.91. The number of benzene rings is 1. The predicted octanol–water partition coefficient (Wildman–Crippen LogP) is 3.32. The highest BCUT2D eigenvalue weighted by atomic mass is 35.5. The fourth-order valence-corrected chi connectivity index (χ4v) is 5.48. The number of primary amides is 1. The first-order valence-corrected chi connectivity index (χ1v) is 11.6. The van der Waals surface area contributed by atoms with Gasteiger partial charge in [-0.05, 0) is 24.3 Å². The van der Waals surface area contributed by atoms with E-state index in [4.69, 9.17) is 17.3 Å². The van der Waals surface area contributed by atoms with Gasteiger partial charge in [-0.25, -0.2) is 9.38 Å². The number of rotatable bonds is 5. The average Bonchev–Trinajstić information content (AvgIpc) is 3.17. The molecular formula is C19H21ClFN5OS2. The van der Waals surface area contributed by atoms with Crippen molar-refractivity contribution in [2.45, 2.75) is 0 Å². The number of hydrogen-bond donors (Lipinski definition) is 2. The monoisotopic (exact) mass is 453 g/mol. The molecule has 0 bridgehead atoms. The third kappa shape index (κ3) is 4.69. The molecule has 10 heteroatoms. The van der Waals surface area contributed by atoms with Crippen LogP contribution < -0.4 is 16.0 Å². The minimum Gasteiger partial charge on any atom is -0.365 e. The van der Waals surface area contributed by atoms with Crippen LogP contribution in [0.2, 0.25) is 5.02 Å². The van der Waals surface area contributed by atoms with Gasteiger partial charge in [0.05, 0.1) is 15.5 Å². The Balaban J connectivity index is 1.54. The summed E-state index contributed by atoms with van der Waals surface area (Å²) in [5, 5.41) is 4.20. The summed E-state index contributed by atoms with van der Waals surface area (Å²) in [6.07, 6.45) is 0. The van der Waals surface area contributed by atoms with Gasteiger partial charge < -0.3 is 16.0 Å². The summed E-state index contributed by atoms with van der Waals surface area (Å²) >= 11 is 9.26. The van der Waals surface area contributed by atoms with Crippen LogP contribution in [-0.4, -0.2) is 61.0 Å². The number of halogens is 2. The number of carbonyl (C=O) groups excluding carboxylic acids is 1. The molecule has 29 heavy (non-hydrogen) atoms. The zero-order valence-electron chi connectivity index (χ0n) is 15.7. The number of amides is 1. The molecule has 0 atom stereocenters. The summed E-state index contributed by atoms with van der Waals surface area (Å²) in [7, 11) is 0. The van der Waals surface area contributed by atoms with E-state index in [2.05, 4.69) is 20.1 Å². The Bertz CT molecular complexity index is 945. The van der Waals surface area contributed by atoms with E-state index in [0.717, 1.165) is 36.7 Å². The lowest BCUT2D eigenvalue weighted by Gasteiger charge is -2.32. The highest BCUT2D eigenvalue weighted by Crippen LogP contribution is 2.35. The van der Waals surface area contributed by atoms with Crippen LogP contribution in [0.1, 0.15) is 15.2 Å². The molecule has 0 unspecified atom stereocenters. The van der Waals surface area contributed by atoms with Crippen LogP contribution in [0.4, 0.5) is 15.1 Å². The van der Waals surface area contributed by atoms with Crippen LogP contribution >= 0.6 is 34.7 Å². The quantitative estimate of drug-likeness (QED) is 0.726. The normalized spacial score (nSPS) is 17.0. The van der Waals surface area contributed by atoms with E-state index in [1.807, 2.05) is 11.8 Å².